The van der Waals surface area contributed by atoms with Crippen molar-refractivity contribution in [3.05, 3.63) is 33.3 Å². The van der Waals surface area contributed by atoms with Crippen LogP contribution in [-0.2, 0) is 4.74 Å². The maximum absolute atomic E-state index is 12.1. The summed E-state index contributed by atoms with van der Waals surface area (Å²) in [6, 6.07) is 5.31. The number of rotatable bonds is 6. The standard InChI is InChI=1S/C13H17BrClNO2/c1-3-5-9(8-18-2)16-13(17)10-6-4-7-11(14)12(10)15/h4,6-7,9H,3,5,8H2,1-2H3,(H,16,17). The van der Waals surface area contributed by atoms with Crippen molar-refractivity contribution in [1.29, 1.82) is 0 Å². The minimum Gasteiger partial charge on any atom is -0.383 e. The summed E-state index contributed by atoms with van der Waals surface area (Å²) in [5.74, 6) is -0.170. The van der Waals surface area contributed by atoms with Crippen LogP contribution in [0, 0.1) is 0 Å². The first-order valence-electron chi connectivity index (χ1n) is 5.84. The second kappa shape index (κ2) is 7.77. The van der Waals surface area contributed by atoms with Crippen molar-refractivity contribution in [2.45, 2.75) is 25.8 Å². The molecule has 1 unspecified atom stereocenters. The highest BCUT2D eigenvalue weighted by molar-refractivity contribution is 9.10. The van der Waals surface area contributed by atoms with E-state index in [-0.39, 0.29) is 11.9 Å². The average molecular weight is 335 g/mol. The van der Waals surface area contributed by atoms with Gasteiger partial charge in [0.2, 0.25) is 0 Å². The number of amides is 1. The maximum Gasteiger partial charge on any atom is 0.253 e. The molecule has 0 spiro atoms. The van der Waals surface area contributed by atoms with Gasteiger partial charge < -0.3 is 10.1 Å². The molecular formula is C13H17BrClNO2. The number of hydrogen-bond acceptors (Lipinski definition) is 2. The first-order valence-corrected chi connectivity index (χ1v) is 7.01. The smallest absolute Gasteiger partial charge is 0.253 e. The number of halogens is 2. The van der Waals surface area contributed by atoms with Gasteiger partial charge in [-0.15, -0.1) is 0 Å². The van der Waals surface area contributed by atoms with Crippen LogP contribution < -0.4 is 5.32 Å². The average Bonchev–Trinajstić information content (AvgIpc) is 2.33. The Morgan fingerprint density at radius 3 is 2.89 bits per heavy atom. The molecule has 5 heteroatoms. The molecule has 1 amide bonds. The zero-order valence-corrected chi connectivity index (χ0v) is 12.8. The monoisotopic (exact) mass is 333 g/mol. The fourth-order valence-electron chi connectivity index (χ4n) is 1.69. The Kier molecular flexibility index (Phi) is 6.68. The molecule has 0 saturated carbocycles. The van der Waals surface area contributed by atoms with Crippen molar-refractivity contribution in [1.82, 2.24) is 5.32 Å². The van der Waals surface area contributed by atoms with Crippen LogP contribution in [0.25, 0.3) is 0 Å². The fourth-order valence-corrected chi connectivity index (χ4v) is 2.27. The van der Waals surface area contributed by atoms with E-state index in [2.05, 4.69) is 28.2 Å². The summed E-state index contributed by atoms with van der Waals surface area (Å²) in [5.41, 5.74) is 0.475. The van der Waals surface area contributed by atoms with E-state index in [1.807, 2.05) is 0 Å². The zero-order chi connectivity index (χ0) is 13.5. The fraction of sp³-hybridized carbons (Fsp3) is 0.462. The van der Waals surface area contributed by atoms with Crippen molar-refractivity contribution in [2.24, 2.45) is 0 Å². The molecule has 0 heterocycles. The molecular weight excluding hydrogens is 318 g/mol. The highest BCUT2D eigenvalue weighted by atomic mass is 79.9. The number of carbonyl (C=O) groups excluding carboxylic acids is 1. The second-order valence-corrected chi connectivity index (χ2v) is 5.25. The normalized spacial score (nSPS) is 12.2. The lowest BCUT2D eigenvalue weighted by Crippen LogP contribution is -2.38. The van der Waals surface area contributed by atoms with Gasteiger partial charge in [-0.05, 0) is 34.5 Å². The molecule has 0 fully saturated rings. The van der Waals surface area contributed by atoms with E-state index >= 15 is 0 Å². The topological polar surface area (TPSA) is 38.3 Å². The van der Waals surface area contributed by atoms with Crippen molar-refractivity contribution in [2.75, 3.05) is 13.7 Å². The van der Waals surface area contributed by atoms with Gasteiger partial charge in [0.05, 0.1) is 23.2 Å². The van der Waals surface area contributed by atoms with Crippen molar-refractivity contribution in [3.8, 4) is 0 Å². The molecule has 0 aliphatic carbocycles. The summed E-state index contributed by atoms with van der Waals surface area (Å²) in [6.07, 6.45) is 1.87. The Balaban J connectivity index is 2.77. The molecule has 1 atom stereocenters. The van der Waals surface area contributed by atoms with Gasteiger partial charge in [0.15, 0.2) is 0 Å². The molecule has 0 aromatic heterocycles. The lowest BCUT2D eigenvalue weighted by Gasteiger charge is -2.17. The van der Waals surface area contributed by atoms with Gasteiger partial charge >= 0.3 is 0 Å². The van der Waals surface area contributed by atoms with Gasteiger partial charge in [-0.3, -0.25) is 4.79 Å². The van der Waals surface area contributed by atoms with E-state index < -0.39 is 0 Å². The molecule has 3 nitrogen and oxygen atoms in total. The molecule has 100 valence electrons. The lowest BCUT2D eigenvalue weighted by atomic mass is 10.1. The number of methoxy groups -OCH3 is 1. The van der Waals surface area contributed by atoms with Crippen molar-refractivity contribution in [3.63, 3.8) is 0 Å². The van der Waals surface area contributed by atoms with E-state index in [0.717, 1.165) is 17.3 Å². The zero-order valence-electron chi connectivity index (χ0n) is 10.5. The number of nitrogens with one attached hydrogen (secondary N) is 1. The van der Waals surface area contributed by atoms with Crippen LogP contribution in [0.4, 0.5) is 0 Å². The van der Waals surface area contributed by atoms with Gasteiger partial charge in [-0.1, -0.05) is 31.0 Å². The van der Waals surface area contributed by atoms with Gasteiger partial charge in [0.25, 0.3) is 5.91 Å². The van der Waals surface area contributed by atoms with Crippen LogP contribution in [0.3, 0.4) is 0 Å². The summed E-state index contributed by atoms with van der Waals surface area (Å²) < 4.78 is 5.81. The highest BCUT2D eigenvalue weighted by Crippen LogP contribution is 2.25. The number of benzene rings is 1. The molecule has 1 N–H and O–H groups in total. The quantitative estimate of drug-likeness (QED) is 0.862. The Morgan fingerprint density at radius 2 is 2.28 bits per heavy atom. The van der Waals surface area contributed by atoms with Crippen LogP contribution in [0.1, 0.15) is 30.1 Å². The van der Waals surface area contributed by atoms with Crippen molar-refractivity contribution >= 4 is 33.4 Å². The van der Waals surface area contributed by atoms with Crippen LogP contribution in [0.15, 0.2) is 22.7 Å². The van der Waals surface area contributed by atoms with Gasteiger partial charge in [0.1, 0.15) is 0 Å². The molecule has 0 radical (unpaired) electrons. The highest BCUT2D eigenvalue weighted by Gasteiger charge is 2.16. The molecule has 0 bridgehead atoms. The molecule has 1 rings (SSSR count). The number of hydrogen-bond donors (Lipinski definition) is 1. The van der Waals surface area contributed by atoms with Crippen molar-refractivity contribution < 1.29 is 9.53 Å². The predicted octanol–water partition coefficient (Wildman–Crippen LogP) is 3.65. The molecule has 0 aliphatic heterocycles. The van der Waals surface area contributed by atoms with Gasteiger partial charge in [-0.2, -0.15) is 0 Å². The summed E-state index contributed by atoms with van der Waals surface area (Å²) >= 11 is 9.39. The Labute approximate surface area is 121 Å². The summed E-state index contributed by atoms with van der Waals surface area (Å²) in [6.45, 7) is 2.58. The molecule has 1 aromatic rings. The third-order valence-corrected chi connectivity index (χ3v) is 3.83. The Bertz CT molecular complexity index is 406. The number of carbonyl (C=O) groups is 1. The van der Waals surface area contributed by atoms with E-state index in [1.54, 1.807) is 25.3 Å². The minimum atomic E-state index is -0.170. The SMILES string of the molecule is CCCC(COC)NC(=O)c1cccc(Br)c1Cl. The third-order valence-electron chi connectivity index (χ3n) is 2.54. The van der Waals surface area contributed by atoms with E-state index in [0.29, 0.717) is 17.2 Å². The maximum atomic E-state index is 12.1. The van der Waals surface area contributed by atoms with E-state index in [4.69, 9.17) is 16.3 Å². The van der Waals surface area contributed by atoms with Crippen LogP contribution in [-0.4, -0.2) is 25.7 Å². The summed E-state index contributed by atoms with van der Waals surface area (Å²) in [4.78, 5) is 12.1. The number of ether oxygens (including phenoxy) is 1. The molecule has 0 saturated heterocycles. The van der Waals surface area contributed by atoms with Crippen LogP contribution in [0.2, 0.25) is 5.02 Å². The summed E-state index contributed by atoms with van der Waals surface area (Å²) in [5, 5.41) is 3.37. The lowest BCUT2D eigenvalue weighted by molar-refractivity contribution is 0.0891. The van der Waals surface area contributed by atoms with Crippen LogP contribution >= 0.6 is 27.5 Å². The van der Waals surface area contributed by atoms with E-state index in [9.17, 15) is 4.79 Å². The van der Waals surface area contributed by atoms with Gasteiger partial charge in [0, 0.05) is 11.6 Å². The molecule has 18 heavy (non-hydrogen) atoms. The molecule has 1 aromatic carbocycles. The Hall–Kier alpha value is -0.580. The minimum absolute atomic E-state index is 0.0162. The Morgan fingerprint density at radius 1 is 1.56 bits per heavy atom. The summed E-state index contributed by atoms with van der Waals surface area (Å²) in [7, 11) is 1.63. The first kappa shape index (κ1) is 15.5. The second-order valence-electron chi connectivity index (χ2n) is 4.02. The third kappa shape index (κ3) is 4.26. The van der Waals surface area contributed by atoms with Crippen LogP contribution in [0.5, 0.6) is 0 Å². The van der Waals surface area contributed by atoms with Gasteiger partial charge in [-0.25, -0.2) is 0 Å². The predicted molar refractivity (Wildman–Crippen MR) is 77.2 cm³/mol. The molecule has 0 aliphatic rings. The first-order chi connectivity index (χ1) is 8.60. The van der Waals surface area contributed by atoms with E-state index in [1.165, 1.54) is 0 Å². The largest absolute Gasteiger partial charge is 0.383 e.